The normalized spacial score (nSPS) is 34.3. The molecule has 1 aromatic rings. The molecule has 2 bridgehead atoms. The Morgan fingerprint density at radius 1 is 1.20 bits per heavy atom. The minimum absolute atomic E-state index is 0.0891. The summed E-state index contributed by atoms with van der Waals surface area (Å²) in [6.07, 6.45) is 7.19. The van der Waals surface area contributed by atoms with Crippen molar-refractivity contribution in [3.8, 4) is 0 Å². The van der Waals surface area contributed by atoms with Gasteiger partial charge in [0.2, 0.25) is 0 Å². The number of fused-ring (bicyclic) bond motifs is 2. The van der Waals surface area contributed by atoms with Crippen LogP contribution >= 0.6 is 0 Å². The highest BCUT2D eigenvalue weighted by molar-refractivity contribution is 5.33. The van der Waals surface area contributed by atoms with Crippen LogP contribution in [0.25, 0.3) is 0 Å². The number of hydrogen-bond acceptors (Lipinski definition) is 4. The van der Waals surface area contributed by atoms with Crippen LogP contribution in [0.2, 0.25) is 0 Å². The van der Waals surface area contributed by atoms with E-state index in [4.69, 9.17) is 10.6 Å². The van der Waals surface area contributed by atoms with Crippen LogP contribution in [-0.2, 0) is 10.3 Å². The van der Waals surface area contributed by atoms with E-state index in [1.807, 2.05) is 0 Å². The lowest BCUT2D eigenvalue weighted by Crippen LogP contribution is -2.46. The van der Waals surface area contributed by atoms with E-state index in [1.165, 1.54) is 11.1 Å². The molecule has 1 saturated carbocycles. The SMILES string of the molecule is CC1(CO[N+](=O)[O-])C=C2CC(CCN)(C1)CC(C)(c1ccccc1)C2. The number of nitrogens with two attached hydrogens (primary N) is 1. The fourth-order valence-corrected chi connectivity index (χ4v) is 5.53. The molecule has 2 N–H and O–H groups in total. The first kappa shape index (κ1) is 17.9. The second-order valence-electron chi connectivity index (χ2n) is 8.63. The molecule has 5 nitrogen and oxygen atoms in total. The van der Waals surface area contributed by atoms with Crippen LogP contribution in [0, 0.1) is 20.9 Å². The molecule has 3 atom stereocenters. The third-order valence-corrected chi connectivity index (χ3v) is 5.96. The van der Waals surface area contributed by atoms with E-state index in [0.717, 1.165) is 32.1 Å². The summed E-state index contributed by atoms with van der Waals surface area (Å²) in [4.78, 5) is 15.4. The van der Waals surface area contributed by atoms with Crippen molar-refractivity contribution in [1.82, 2.24) is 0 Å². The molecule has 25 heavy (non-hydrogen) atoms. The number of nitrogens with zero attached hydrogens (tertiary/aromatic N) is 1. The molecule has 0 spiro atoms. The Kier molecular flexibility index (Phi) is 4.62. The number of benzene rings is 1. The van der Waals surface area contributed by atoms with Gasteiger partial charge >= 0.3 is 0 Å². The van der Waals surface area contributed by atoms with Crippen molar-refractivity contribution in [3.05, 3.63) is 57.7 Å². The van der Waals surface area contributed by atoms with Crippen LogP contribution in [0.3, 0.4) is 0 Å². The summed E-state index contributed by atoms with van der Waals surface area (Å²) in [5.41, 5.74) is 8.62. The Balaban J connectivity index is 1.95. The van der Waals surface area contributed by atoms with Gasteiger partial charge in [-0.15, -0.1) is 10.1 Å². The predicted molar refractivity (Wildman–Crippen MR) is 97.5 cm³/mol. The molecule has 0 radical (unpaired) electrons. The molecule has 0 aliphatic heterocycles. The van der Waals surface area contributed by atoms with Crippen LogP contribution < -0.4 is 5.73 Å². The summed E-state index contributed by atoms with van der Waals surface area (Å²) in [6.45, 7) is 5.19. The van der Waals surface area contributed by atoms with Crippen molar-refractivity contribution >= 4 is 0 Å². The Morgan fingerprint density at radius 3 is 2.56 bits per heavy atom. The van der Waals surface area contributed by atoms with Gasteiger partial charge in [-0.3, -0.25) is 0 Å². The molecule has 136 valence electrons. The molecule has 0 saturated heterocycles. The summed E-state index contributed by atoms with van der Waals surface area (Å²) < 4.78 is 0. The second-order valence-corrected chi connectivity index (χ2v) is 8.63. The quantitative estimate of drug-likeness (QED) is 0.480. The Hall–Kier alpha value is -1.88. The van der Waals surface area contributed by atoms with Crippen LogP contribution in [-0.4, -0.2) is 18.2 Å². The zero-order chi connectivity index (χ0) is 18.1. The van der Waals surface area contributed by atoms with Gasteiger partial charge in [0.05, 0.1) is 0 Å². The average molecular weight is 344 g/mol. The molecule has 0 heterocycles. The number of rotatable bonds is 6. The van der Waals surface area contributed by atoms with Crippen LogP contribution in [0.1, 0.15) is 51.5 Å². The predicted octanol–water partition coefficient (Wildman–Crippen LogP) is 4.01. The molecule has 0 amide bonds. The average Bonchev–Trinajstić information content (AvgIpc) is 2.52. The summed E-state index contributed by atoms with van der Waals surface area (Å²) in [5, 5.41) is 9.98. The standard InChI is InChI=1S/C20H28N2O3/c1-18(15-25-22(23)24)10-16-11-19(2,17-6-4-3-5-7-17)14-20(12-16,13-18)8-9-21/h3-7,10H,8-9,11-15,21H2,1-2H3. The lowest BCUT2D eigenvalue weighted by atomic mass is 9.51. The van der Waals surface area contributed by atoms with Crippen LogP contribution in [0.4, 0.5) is 0 Å². The minimum Gasteiger partial charge on any atom is -0.330 e. The molecule has 1 aromatic carbocycles. The zero-order valence-electron chi connectivity index (χ0n) is 15.2. The maximum atomic E-state index is 10.7. The van der Waals surface area contributed by atoms with Gasteiger partial charge in [0.25, 0.3) is 5.09 Å². The van der Waals surface area contributed by atoms with Crippen molar-refractivity contribution in [2.75, 3.05) is 13.2 Å². The molecule has 5 heteroatoms. The first-order chi connectivity index (χ1) is 11.8. The van der Waals surface area contributed by atoms with Gasteiger partial charge < -0.3 is 10.6 Å². The summed E-state index contributed by atoms with van der Waals surface area (Å²) in [7, 11) is 0. The lowest BCUT2D eigenvalue weighted by Gasteiger charge is -2.54. The summed E-state index contributed by atoms with van der Waals surface area (Å²) >= 11 is 0. The van der Waals surface area contributed by atoms with E-state index in [2.05, 4.69) is 50.3 Å². The molecule has 3 unspecified atom stereocenters. The van der Waals surface area contributed by atoms with E-state index in [1.54, 1.807) is 0 Å². The van der Waals surface area contributed by atoms with Gasteiger partial charge in [-0.1, -0.05) is 55.8 Å². The topological polar surface area (TPSA) is 78.4 Å². The van der Waals surface area contributed by atoms with Gasteiger partial charge in [0, 0.05) is 5.41 Å². The van der Waals surface area contributed by atoms with E-state index < -0.39 is 5.09 Å². The van der Waals surface area contributed by atoms with Crippen LogP contribution in [0.15, 0.2) is 42.0 Å². The van der Waals surface area contributed by atoms with Crippen molar-refractivity contribution < 1.29 is 9.92 Å². The van der Waals surface area contributed by atoms with Crippen molar-refractivity contribution in [2.45, 2.75) is 51.4 Å². The molecular weight excluding hydrogens is 316 g/mol. The number of allylic oxidation sites excluding steroid dienone is 1. The first-order valence-electron chi connectivity index (χ1n) is 9.02. The number of hydrogen-bond donors (Lipinski definition) is 1. The Morgan fingerprint density at radius 2 is 1.92 bits per heavy atom. The third kappa shape index (κ3) is 3.71. The van der Waals surface area contributed by atoms with Crippen LogP contribution in [0.5, 0.6) is 0 Å². The molecule has 2 aliphatic rings. The summed E-state index contributed by atoms with van der Waals surface area (Å²) in [6, 6.07) is 10.7. The van der Waals surface area contributed by atoms with Crippen molar-refractivity contribution in [1.29, 1.82) is 0 Å². The highest BCUT2D eigenvalue weighted by Crippen LogP contribution is 2.59. The van der Waals surface area contributed by atoms with E-state index in [-0.39, 0.29) is 22.9 Å². The van der Waals surface area contributed by atoms with E-state index in [9.17, 15) is 10.1 Å². The molecule has 2 aliphatic carbocycles. The Labute approximate surface area is 149 Å². The molecule has 1 fully saturated rings. The Bertz CT molecular complexity index is 675. The fraction of sp³-hybridized carbons (Fsp3) is 0.600. The highest BCUT2D eigenvalue weighted by atomic mass is 16.9. The maximum Gasteiger partial charge on any atom is 0.294 e. The van der Waals surface area contributed by atoms with Gasteiger partial charge in [0.15, 0.2) is 0 Å². The smallest absolute Gasteiger partial charge is 0.294 e. The lowest BCUT2D eigenvalue weighted by molar-refractivity contribution is -0.760. The van der Waals surface area contributed by atoms with Gasteiger partial charge in [-0.25, -0.2) is 0 Å². The minimum atomic E-state index is -0.683. The van der Waals surface area contributed by atoms with Crippen molar-refractivity contribution in [2.24, 2.45) is 16.6 Å². The van der Waals surface area contributed by atoms with Gasteiger partial charge in [-0.2, -0.15) is 0 Å². The second kappa shape index (κ2) is 6.45. The highest BCUT2D eigenvalue weighted by Gasteiger charge is 2.50. The summed E-state index contributed by atoms with van der Waals surface area (Å²) in [5.74, 6) is 0. The first-order valence-corrected chi connectivity index (χ1v) is 9.02. The molecule has 0 aromatic heterocycles. The van der Waals surface area contributed by atoms with E-state index in [0.29, 0.717) is 6.54 Å². The zero-order valence-corrected chi connectivity index (χ0v) is 15.2. The fourth-order valence-electron chi connectivity index (χ4n) is 5.53. The van der Waals surface area contributed by atoms with Gasteiger partial charge in [0.1, 0.15) is 6.61 Å². The van der Waals surface area contributed by atoms with Gasteiger partial charge in [-0.05, 0) is 55.0 Å². The monoisotopic (exact) mass is 344 g/mol. The third-order valence-electron chi connectivity index (χ3n) is 5.96. The largest absolute Gasteiger partial charge is 0.330 e. The van der Waals surface area contributed by atoms with E-state index >= 15 is 0 Å². The molecular formula is C20H28N2O3. The maximum absolute atomic E-state index is 10.7. The molecule has 3 rings (SSSR count). The van der Waals surface area contributed by atoms with Crippen molar-refractivity contribution in [3.63, 3.8) is 0 Å².